The molecule has 4 nitrogen and oxygen atoms in total. The van der Waals surface area contributed by atoms with Crippen molar-refractivity contribution in [1.82, 2.24) is 10.2 Å². The van der Waals surface area contributed by atoms with Crippen molar-refractivity contribution < 1.29 is 9.59 Å². The largest absolute Gasteiger partial charge is 0.354 e. The molecule has 0 bridgehead atoms. The number of nitrogens with one attached hydrogen (secondary N) is 1. The summed E-state index contributed by atoms with van der Waals surface area (Å²) in [7, 11) is 0. The van der Waals surface area contributed by atoms with Crippen LogP contribution in [0.3, 0.4) is 0 Å². The summed E-state index contributed by atoms with van der Waals surface area (Å²) in [5.74, 6) is 0.00337. The molecule has 7 heteroatoms. The van der Waals surface area contributed by atoms with Gasteiger partial charge in [0.2, 0.25) is 11.8 Å². The van der Waals surface area contributed by atoms with Gasteiger partial charge in [-0.2, -0.15) is 0 Å². The van der Waals surface area contributed by atoms with Gasteiger partial charge in [0.05, 0.1) is 10.0 Å². The third kappa shape index (κ3) is 7.19. The van der Waals surface area contributed by atoms with Crippen molar-refractivity contribution in [2.45, 2.75) is 46.2 Å². The van der Waals surface area contributed by atoms with Gasteiger partial charge < -0.3 is 10.2 Å². The maximum absolute atomic E-state index is 13.1. The van der Waals surface area contributed by atoms with Gasteiger partial charge in [0.15, 0.2) is 0 Å². The monoisotopic (exact) mass is 468 g/mol. The molecule has 2 aromatic rings. The molecule has 30 heavy (non-hydrogen) atoms. The first-order valence-corrected chi connectivity index (χ1v) is 11.1. The van der Waals surface area contributed by atoms with Crippen molar-refractivity contribution in [2.24, 2.45) is 5.92 Å². The SMILES string of the molecule is CC(C)CNC(=O)[C@H](C)N(Cc1ccc(Cl)c(Cl)c1)C(=O)CCc1ccccc1Cl. The fourth-order valence-corrected chi connectivity index (χ4v) is 3.51. The van der Waals surface area contributed by atoms with Crippen molar-refractivity contribution >= 4 is 46.6 Å². The van der Waals surface area contributed by atoms with E-state index in [4.69, 9.17) is 34.8 Å². The lowest BCUT2D eigenvalue weighted by atomic mass is 10.1. The van der Waals surface area contributed by atoms with Crippen LogP contribution in [0, 0.1) is 5.92 Å². The minimum atomic E-state index is -0.628. The van der Waals surface area contributed by atoms with Gasteiger partial charge in [-0.15, -0.1) is 0 Å². The highest BCUT2D eigenvalue weighted by atomic mass is 35.5. The molecule has 0 aliphatic heterocycles. The first-order chi connectivity index (χ1) is 14.2. The normalized spacial score (nSPS) is 12.0. The molecule has 0 unspecified atom stereocenters. The second-order valence-electron chi connectivity index (χ2n) is 7.68. The molecule has 0 heterocycles. The third-order valence-corrected chi connectivity index (χ3v) is 5.86. The van der Waals surface area contributed by atoms with Gasteiger partial charge in [0.1, 0.15) is 6.04 Å². The summed E-state index contributed by atoms with van der Waals surface area (Å²) < 4.78 is 0. The van der Waals surface area contributed by atoms with Crippen LogP contribution in [0.1, 0.15) is 38.3 Å². The van der Waals surface area contributed by atoms with Gasteiger partial charge in [-0.25, -0.2) is 0 Å². The Balaban J connectivity index is 2.18. The Labute approximate surface area is 193 Å². The molecular formula is C23H27Cl3N2O2. The molecule has 0 saturated carbocycles. The zero-order chi connectivity index (χ0) is 22.3. The smallest absolute Gasteiger partial charge is 0.242 e. The van der Waals surface area contributed by atoms with Crippen LogP contribution in [0.5, 0.6) is 0 Å². The molecule has 162 valence electrons. The van der Waals surface area contributed by atoms with Crippen LogP contribution >= 0.6 is 34.8 Å². The second-order valence-corrected chi connectivity index (χ2v) is 8.90. The molecule has 1 atom stereocenters. The van der Waals surface area contributed by atoms with Crippen molar-refractivity contribution in [2.75, 3.05) is 6.54 Å². The van der Waals surface area contributed by atoms with Gasteiger partial charge in [-0.05, 0) is 48.6 Å². The zero-order valence-corrected chi connectivity index (χ0v) is 19.7. The number of aryl methyl sites for hydroxylation is 1. The maximum Gasteiger partial charge on any atom is 0.242 e. The van der Waals surface area contributed by atoms with Crippen molar-refractivity contribution in [1.29, 1.82) is 0 Å². The number of nitrogens with zero attached hydrogens (tertiary/aromatic N) is 1. The summed E-state index contributed by atoms with van der Waals surface area (Å²) in [5.41, 5.74) is 1.71. The molecular weight excluding hydrogens is 443 g/mol. The van der Waals surface area contributed by atoms with E-state index in [2.05, 4.69) is 5.32 Å². The van der Waals surface area contributed by atoms with Gasteiger partial charge in [-0.3, -0.25) is 9.59 Å². The maximum atomic E-state index is 13.1. The summed E-state index contributed by atoms with van der Waals surface area (Å²) in [6.07, 6.45) is 0.740. The summed E-state index contributed by atoms with van der Waals surface area (Å²) in [6, 6.07) is 12.0. The topological polar surface area (TPSA) is 49.4 Å². The Morgan fingerprint density at radius 2 is 1.67 bits per heavy atom. The number of halogens is 3. The predicted octanol–water partition coefficient (Wildman–Crippen LogP) is 5.77. The van der Waals surface area contributed by atoms with Crippen LogP contribution < -0.4 is 5.32 Å². The van der Waals surface area contributed by atoms with E-state index in [9.17, 15) is 9.59 Å². The highest BCUT2D eigenvalue weighted by Gasteiger charge is 2.26. The second kappa shape index (κ2) is 11.6. The summed E-state index contributed by atoms with van der Waals surface area (Å²) in [5, 5.41) is 4.39. The Kier molecular flexibility index (Phi) is 9.47. The van der Waals surface area contributed by atoms with E-state index in [1.165, 1.54) is 0 Å². The number of hydrogen-bond acceptors (Lipinski definition) is 2. The molecule has 2 rings (SSSR count). The summed E-state index contributed by atoms with van der Waals surface area (Å²) in [4.78, 5) is 27.3. The Morgan fingerprint density at radius 3 is 2.30 bits per heavy atom. The summed E-state index contributed by atoms with van der Waals surface area (Å²) in [6.45, 7) is 6.59. The number of carbonyl (C=O) groups is 2. The molecule has 2 amide bonds. The number of rotatable bonds is 9. The molecule has 0 aliphatic rings. The Morgan fingerprint density at radius 1 is 0.967 bits per heavy atom. The number of amides is 2. The number of hydrogen-bond donors (Lipinski definition) is 1. The van der Waals surface area contributed by atoms with Crippen LogP contribution in [-0.2, 0) is 22.6 Å². The zero-order valence-electron chi connectivity index (χ0n) is 17.4. The van der Waals surface area contributed by atoms with Crippen molar-refractivity contribution in [3.63, 3.8) is 0 Å². The van der Waals surface area contributed by atoms with Crippen LogP contribution in [0.2, 0.25) is 15.1 Å². The number of benzene rings is 2. The molecule has 0 radical (unpaired) electrons. The Bertz CT molecular complexity index is 887. The van der Waals surface area contributed by atoms with Gasteiger partial charge in [0.25, 0.3) is 0 Å². The molecule has 2 aromatic carbocycles. The lowest BCUT2D eigenvalue weighted by Crippen LogP contribution is -2.48. The highest BCUT2D eigenvalue weighted by Crippen LogP contribution is 2.24. The fourth-order valence-electron chi connectivity index (χ4n) is 2.96. The number of carbonyl (C=O) groups excluding carboxylic acids is 2. The first kappa shape index (κ1) is 24.5. The minimum Gasteiger partial charge on any atom is -0.354 e. The summed E-state index contributed by atoms with van der Waals surface area (Å²) >= 11 is 18.4. The van der Waals surface area contributed by atoms with Gasteiger partial charge in [0, 0.05) is 24.5 Å². The predicted molar refractivity (Wildman–Crippen MR) is 124 cm³/mol. The van der Waals surface area contributed by atoms with Crippen molar-refractivity contribution in [3.05, 3.63) is 68.7 Å². The fraction of sp³-hybridized carbons (Fsp3) is 0.391. The van der Waals surface area contributed by atoms with E-state index in [1.807, 2.05) is 32.0 Å². The highest BCUT2D eigenvalue weighted by molar-refractivity contribution is 6.42. The first-order valence-electron chi connectivity index (χ1n) is 9.93. The van der Waals surface area contributed by atoms with Crippen LogP contribution in [0.25, 0.3) is 0 Å². The van der Waals surface area contributed by atoms with E-state index in [1.54, 1.807) is 36.1 Å². The quantitative estimate of drug-likeness (QED) is 0.507. The van der Waals surface area contributed by atoms with E-state index in [0.29, 0.717) is 34.0 Å². The van der Waals surface area contributed by atoms with E-state index in [0.717, 1.165) is 11.1 Å². The van der Waals surface area contributed by atoms with Gasteiger partial charge >= 0.3 is 0 Å². The average molecular weight is 470 g/mol. The average Bonchev–Trinajstić information content (AvgIpc) is 2.71. The molecule has 0 aromatic heterocycles. The molecule has 0 spiro atoms. The Hall–Kier alpha value is -1.75. The molecule has 0 saturated heterocycles. The van der Waals surface area contributed by atoms with E-state index < -0.39 is 6.04 Å². The molecule has 1 N–H and O–H groups in total. The van der Waals surface area contributed by atoms with Crippen LogP contribution in [-0.4, -0.2) is 29.3 Å². The van der Waals surface area contributed by atoms with Gasteiger partial charge in [-0.1, -0.05) is 72.9 Å². The minimum absolute atomic E-state index is 0.131. The van der Waals surface area contributed by atoms with E-state index >= 15 is 0 Å². The van der Waals surface area contributed by atoms with Crippen molar-refractivity contribution in [3.8, 4) is 0 Å². The third-order valence-electron chi connectivity index (χ3n) is 4.75. The molecule has 0 fully saturated rings. The lowest BCUT2D eigenvalue weighted by Gasteiger charge is -2.29. The van der Waals surface area contributed by atoms with E-state index in [-0.39, 0.29) is 24.8 Å². The van der Waals surface area contributed by atoms with Crippen LogP contribution in [0.15, 0.2) is 42.5 Å². The molecule has 0 aliphatic carbocycles. The van der Waals surface area contributed by atoms with Crippen LogP contribution in [0.4, 0.5) is 0 Å². The lowest BCUT2D eigenvalue weighted by molar-refractivity contribution is -0.140. The standard InChI is InChI=1S/C23H27Cl3N2O2/c1-15(2)13-27-23(30)16(3)28(14-17-8-10-20(25)21(26)12-17)22(29)11-9-18-6-4-5-7-19(18)24/h4-8,10,12,15-16H,9,11,13-14H2,1-3H3,(H,27,30)/t16-/m0/s1.